The fraction of sp³-hybridized carbons (Fsp3) is 0.111. The summed E-state index contributed by atoms with van der Waals surface area (Å²) in [7, 11) is 0. The summed E-state index contributed by atoms with van der Waals surface area (Å²) in [6.07, 6.45) is 0. The number of para-hydroxylation sites is 1. The maximum absolute atomic E-state index is 11.3. The highest BCUT2D eigenvalue weighted by Gasteiger charge is 2.30. The Hall–Kier alpha value is -1.29. The Morgan fingerprint density at radius 2 is 1.85 bits per heavy atom. The van der Waals surface area contributed by atoms with Crippen LogP contribution in [0.3, 0.4) is 0 Å². The van der Waals surface area contributed by atoms with Gasteiger partial charge in [-0.15, -0.1) is 0 Å². The van der Waals surface area contributed by atoms with Gasteiger partial charge in [0.2, 0.25) is 5.91 Å². The highest BCUT2D eigenvalue weighted by atomic mass is 32.2. The zero-order valence-corrected chi connectivity index (χ0v) is 7.58. The van der Waals surface area contributed by atoms with Crippen molar-refractivity contribution in [1.82, 2.24) is 0 Å². The number of carbonyl (C=O) groups excluding carboxylic acids is 2. The van der Waals surface area contributed by atoms with Crippen LogP contribution in [0, 0.1) is 0 Å². The Kier molecular flexibility index (Phi) is 2.06. The Morgan fingerprint density at radius 3 is 2.38 bits per heavy atom. The maximum Gasteiger partial charge on any atom is 0.293 e. The fourth-order valence-corrected chi connectivity index (χ4v) is 1.89. The monoisotopic (exact) mass is 193 g/mol. The number of hydrogen-bond donors (Lipinski definition) is 0. The summed E-state index contributed by atoms with van der Waals surface area (Å²) in [6, 6.07) is 8.96. The average Bonchev–Trinajstić information content (AvgIpc) is 2.48. The van der Waals surface area contributed by atoms with E-state index in [0.717, 1.165) is 11.8 Å². The smallest absolute Gasteiger partial charge is 0.273 e. The van der Waals surface area contributed by atoms with Gasteiger partial charge in [-0.05, 0) is 12.1 Å². The van der Waals surface area contributed by atoms with Crippen molar-refractivity contribution in [3.8, 4) is 0 Å². The number of hydrogen-bond acceptors (Lipinski definition) is 3. The number of carbonyl (C=O) groups is 2. The van der Waals surface area contributed by atoms with E-state index in [1.165, 1.54) is 4.90 Å². The van der Waals surface area contributed by atoms with Crippen LogP contribution < -0.4 is 4.90 Å². The van der Waals surface area contributed by atoms with Crippen LogP contribution in [0.4, 0.5) is 10.5 Å². The normalized spacial score (nSPS) is 16.8. The quantitative estimate of drug-likeness (QED) is 0.683. The minimum atomic E-state index is -0.184. The van der Waals surface area contributed by atoms with E-state index in [9.17, 15) is 9.59 Å². The molecule has 1 aromatic carbocycles. The van der Waals surface area contributed by atoms with E-state index in [1.54, 1.807) is 24.3 Å². The number of nitrogens with zero attached hydrogens (tertiary/aromatic N) is 1. The molecule has 0 aliphatic carbocycles. The van der Waals surface area contributed by atoms with Crippen molar-refractivity contribution in [2.45, 2.75) is 0 Å². The number of benzene rings is 1. The Balaban J connectivity index is 2.36. The number of rotatable bonds is 1. The van der Waals surface area contributed by atoms with Gasteiger partial charge in [-0.2, -0.15) is 0 Å². The highest BCUT2D eigenvalue weighted by molar-refractivity contribution is 8.15. The zero-order chi connectivity index (χ0) is 9.26. The molecule has 0 saturated carbocycles. The van der Waals surface area contributed by atoms with Crippen LogP contribution in [0.5, 0.6) is 0 Å². The lowest BCUT2D eigenvalue weighted by molar-refractivity contribution is -0.115. The van der Waals surface area contributed by atoms with E-state index in [1.807, 2.05) is 6.07 Å². The molecule has 1 fully saturated rings. The third kappa shape index (κ3) is 1.45. The molecule has 66 valence electrons. The third-order valence-electron chi connectivity index (χ3n) is 1.77. The van der Waals surface area contributed by atoms with Crippen LogP contribution in [0.2, 0.25) is 0 Å². The molecule has 0 aromatic heterocycles. The average molecular weight is 193 g/mol. The molecular weight excluding hydrogens is 186 g/mol. The Morgan fingerprint density at radius 1 is 1.15 bits per heavy atom. The topological polar surface area (TPSA) is 37.4 Å². The second-order valence-electron chi connectivity index (χ2n) is 2.62. The molecule has 1 saturated heterocycles. The molecule has 0 atom stereocenters. The lowest BCUT2D eigenvalue weighted by atomic mass is 10.3. The van der Waals surface area contributed by atoms with E-state index in [0.29, 0.717) is 5.69 Å². The molecule has 1 heterocycles. The van der Waals surface area contributed by atoms with Gasteiger partial charge in [-0.1, -0.05) is 30.0 Å². The molecule has 1 aliphatic rings. The van der Waals surface area contributed by atoms with Crippen LogP contribution in [0.1, 0.15) is 0 Å². The van der Waals surface area contributed by atoms with Crippen molar-refractivity contribution >= 4 is 28.6 Å². The lowest BCUT2D eigenvalue weighted by Crippen LogP contribution is -2.27. The minimum Gasteiger partial charge on any atom is -0.273 e. The van der Waals surface area contributed by atoms with Gasteiger partial charge in [0, 0.05) is 0 Å². The second kappa shape index (κ2) is 3.22. The van der Waals surface area contributed by atoms with Gasteiger partial charge in [0.05, 0.1) is 11.4 Å². The predicted octanol–water partition coefficient (Wildman–Crippen LogP) is 1.89. The van der Waals surface area contributed by atoms with Crippen molar-refractivity contribution in [3.05, 3.63) is 30.3 Å². The van der Waals surface area contributed by atoms with Crippen LogP contribution in [0.15, 0.2) is 30.3 Å². The predicted molar refractivity (Wildman–Crippen MR) is 51.8 cm³/mol. The van der Waals surface area contributed by atoms with Crippen molar-refractivity contribution < 1.29 is 9.59 Å². The molecule has 1 aliphatic heterocycles. The molecule has 0 N–H and O–H groups in total. The molecule has 0 bridgehead atoms. The van der Waals surface area contributed by atoms with Gasteiger partial charge >= 0.3 is 0 Å². The van der Waals surface area contributed by atoms with Crippen molar-refractivity contribution in [1.29, 1.82) is 0 Å². The van der Waals surface area contributed by atoms with Gasteiger partial charge in [0.25, 0.3) is 5.24 Å². The SMILES string of the molecule is O=C1CSC(=O)N1c1ccccc1. The van der Waals surface area contributed by atoms with E-state index >= 15 is 0 Å². The Bertz CT molecular complexity index is 334. The van der Waals surface area contributed by atoms with Gasteiger partial charge in [0.15, 0.2) is 0 Å². The number of thioether (sulfide) groups is 1. The van der Waals surface area contributed by atoms with Crippen LogP contribution in [0.25, 0.3) is 0 Å². The summed E-state index contributed by atoms with van der Waals surface area (Å²) in [6.45, 7) is 0. The lowest BCUT2D eigenvalue weighted by Gasteiger charge is -2.11. The Labute approximate surface area is 79.7 Å². The molecule has 1 aromatic rings. The molecule has 2 amide bonds. The van der Waals surface area contributed by atoms with Crippen molar-refractivity contribution in [2.24, 2.45) is 0 Å². The highest BCUT2D eigenvalue weighted by Crippen LogP contribution is 2.25. The molecular formula is C9H7NO2S. The fourth-order valence-electron chi connectivity index (χ4n) is 1.18. The maximum atomic E-state index is 11.3. The van der Waals surface area contributed by atoms with E-state index in [-0.39, 0.29) is 16.9 Å². The van der Waals surface area contributed by atoms with Crippen LogP contribution in [-0.4, -0.2) is 16.9 Å². The first kappa shape index (κ1) is 8.31. The molecule has 0 unspecified atom stereocenters. The minimum absolute atomic E-state index is 0.138. The summed E-state index contributed by atoms with van der Waals surface area (Å²) < 4.78 is 0. The van der Waals surface area contributed by atoms with Gasteiger partial charge in [-0.25, -0.2) is 4.90 Å². The number of anilines is 1. The van der Waals surface area contributed by atoms with Gasteiger partial charge in [-0.3, -0.25) is 9.59 Å². The molecule has 2 rings (SSSR count). The summed E-state index contributed by atoms with van der Waals surface area (Å²) >= 11 is 1.05. The molecule has 0 radical (unpaired) electrons. The second-order valence-corrected chi connectivity index (χ2v) is 3.55. The first-order valence-electron chi connectivity index (χ1n) is 3.84. The van der Waals surface area contributed by atoms with E-state index in [2.05, 4.69) is 0 Å². The van der Waals surface area contributed by atoms with Crippen LogP contribution in [-0.2, 0) is 4.79 Å². The first-order valence-corrected chi connectivity index (χ1v) is 4.82. The summed E-state index contributed by atoms with van der Waals surface area (Å²) in [5, 5.41) is -0.184. The number of amides is 2. The summed E-state index contributed by atoms with van der Waals surface area (Å²) in [5.41, 5.74) is 0.655. The third-order valence-corrected chi connectivity index (χ3v) is 2.59. The van der Waals surface area contributed by atoms with Crippen LogP contribution >= 0.6 is 11.8 Å². The van der Waals surface area contributed by atoms with Crippen molar-refractivity contribution in [2.75, 3.05) is 10.7 Å². The largest absolute Gasteiger partial charge is 0.293 e. The molecule has 3 nitrogen and oxygen atoms in total. The summed E-state index contributed by atoms with van der Waals surface area (Å²) in [4.78, 5) is 23.7. The van der Waals surface area contributed by atoms with Gasteiger partial charge < -0.3 is 0 Å². The molecule has 4 heteroatoms. The van der Waals surface area contributed by atoms with E-state index in [4.69, 9.17) is 0 Å². The summed E-state index contributed by atoms with van der Waals surface area (Å²) in [5.74, 6) is 0.120. The number of imide groups is 1. The van der Waals surface area contributed by atoms with Crippen molar-refractivity contribution in [3.63, 3.8) is 0 Å². The first-order chi connectivity index (χ1) is 6.29. The standard InChI is InChI=1S/C9H7NO2S/c11-8-6-13-9(12)10(8)7-4-2-1-3-5-7/h1-5H,6H2. The van der Waals surface area contributed by atoms with E-state index < -0.39 is 0 Å². The molecule has 13 heavy (non-hydrogen) atoms. The molecule has 0 spiro atoms. The zero-order valence-electron chi connectivity index (χ0n) is 6.77. The van der Waals surface area contributed by atoms with Gasteiger partial charge in [0.1, 0.15) is 0 Å².